The number of thiophene rings is 1. The van der Waals surface area contributed by atoms with Gasteiger partial charge >= 0.3 is 0 Å². The zero-order valence-corrected chi connectivity index (χ0v) is 14.0. The van der Waals surface area contributed by atoms with Crippen molar-refractivity contribution in [3.8, 4) is 0 Å². The zero-order valence-electron chi connectivity index (χ0n) is 13.2. The monoisotopic (exact) mass is 308 g/mol. The van der Waals surface area contributed by atoms with Crippen LogP contribution in [0.5, 0.6) is 0 Å². The first-order chi connectivity index (χ1) is 9.93. The molecule has 6 heteroatoms. The Hall–Kier alpha value is -1.24. The molecule has 0 aromatic carbocycles. The number of hydrogen-bond acceptors (Lipinski definition) is 6. The Bertz CT molecular complexity index is 624. The number of anilines is 1. The molecule has 21 heavy (non-hydrogen) atoms. The second-order valence-electron chi connectivity index (χ2n) is 5.63. The van der Waals surface area contributed by atoms with Gasteiger partial charge < -0.3 is 10.8 Å². The summed E-state index contributed by atoms with van der Waals surface area (Å²) in [7, 11) is 0. The largest absolute Gasteiger partial charge is 0.396 e. The molecular weight excluding hydrogens is 284 g/mol. The van der Waals surface area contributed by atoms with Crippen molar-refractivity contribution in [2.75, 3.05) is 18.9 Å². The van der Waals surface area contributed by atoms with Crippen LogP contribution in [0.2, 0.25) is 0 Å². The summed E-state index contributed by atoms with van der Waals surface area (Å²) < 4.78 is 0. The Morgan fingerprint density at radius 1 is 1.29 bits per heavy atom. The van der Waals surface area contributed by atoms with E-state index in [-0.39, 0.29) is 6.61 Å². The van der Waals surface area contributed by atoms with Gasteiger partial charge in [0.2, 0.25) is 0 Å². The van der Waals surface area contributed by atoms with E-state index in [1.54, 1.807) is 11.3 Å². The van der Waals surface area contributed by atoms with Gasteiger partial charge in [0.05, 0.1) is 11.9 Å². The summed E-state index contributed by atoms with van der Waals surface area (Å²) in [6, 6.07) is 0.379. The normalized spacial score (nSPS) is 12.0. The van der Waals surface area contributed by atoms with Crippen LogP contribution < -0.4 is 5.73 Å². The first-order valence-corrected chi connectivity index (χ1v) is 8.12. The quantitative estimate of drug-likeness (QED) is 0.857. The maximum absolute atomic E-state index is 9.01. The third-order valence-corrected chi connectivity index (χ3v) is 4.88. The van der Waals surface area contributed by atoms with Gasteiger partial charge in [0.1, 0.15) is 16.5 Å². The third kappa shape index (κ3) is 3.51. The molecule has 0 amide bonds. The lowest BCUT2D eigenvalue weighted by atomic mass is 10.2. The predicted octanol–water partition coefficient (Wildman–Crippen LogP) is 2.48. The maximum atomic E-state index is 9.01. The van der Waals surface area contributed by atoms with Crippen molar-refractivity contribution in [2.45, 2.75) is 46.7 Å². The second kappa shape index (κ2) is 6.68. The molecule has 2 aromatic heterocycles. The Morgan fingerprint density at radius 3 is 2.62 bits per heavy atom. The van der Waals surface area contributed by atoms with Crippen LogP contribution in [-0.4, -0.2) is 39.2 Å². The van der Waals surface area contributed by atoms with Gasteiger partial charge in [-0.05, 0) is 39.7 Å². The molecule has 0 aliphatic rings. The molecule has 0 bridgehead atoms. The van der Waals surface area contributed by atoms with Gasteiger partial charge in [-0.15, -0.1) is 11.3 Å². The van der Waals surface area contributed by atoms with Gasteiger partial charge in [0, 0.05) is 24.1 Å². The van der Waals surface area contributed by atoms with Crippen molar-refractivity contribution in [3.63, 3.8) is 0 Å². The summed E-state index contributed by atoms with van der Waals surface area (Å²) in [4.78, 5) is 13.6. The molecule has 116 valence electrons. The number of hydrogen-bond donors (Lipinski definition) is 2. The van der Waals surface area contributed by atoms with Crippen molar-refractivity contribution in [1.82, 2.24) is 14.9 Å². The standard InChI is InChI=1S/C15H24N4OS/c1-9(2)19(6-5-7-20)8-12-17-14(16)13-10(3)11(4)21-15(13)18-12/h9,20H,5-8H2,1-4H3,(H2,16,17,18). The Kier molecular flexibility index (Phi) is 5.13. The van der Waals surface area contributed by atoms with Crippen LogP contribution in [0.25, 0.3) is 10.2 Å². The molecule has 0 atom stereocenters. The average molecular weight is 308 g/mol. The maximum Gasteiger partial charge on any atom is 0.146 e. The number of aromatic nitrogens is 2. The summed E-state index contributed by atoms with van der Waals surface area (Å²) in [5.41, 5.74) is 7.30. The number of fused-ring (bicyclic) bond motifs is 1. The fourth-order valence-electron chi connectivity index (χ4n) is 2.37. The number of aliphatic hydroxyl groups excluding tert-OH is 1. The van der Waals surface area contributed by atoms with Crippen LogP contribution in [-0.2, 0) is 6.54 Å². The molecule has 0 saturated heterocycles. The molecule has 0 spiro atoms. The van der Waals surface area contributed by atoms with Gasteiger partial charge in [-0.25, -0.2) is 9.97 Å². The summed E-state index contributed by atoms with van der Waals surface area (Å²) >= 11 is 1.67. The van der Waals surface area contributed by atoms with Gasteiger partial charge in [-0.1, -0.05) is 0 Å². The van der Waals surface area contributed by atoms with Crippen LogP contribution in [0.4, 0.5) is 5.82 Å². The molecule has 2 rings (SSSR count). The van der Waals surface area contributed by atoms with Crippen molar-refractivity contribution >= 4 is 27.4 Å². The van der Waals surface area contributed by atoms with Crippen LogP contribution in [0.15, 0.2) is 0 Å². The number of rotatable bonds is 6. The average Bonchev–Trinajstić information content (AvgIpc) is 2.70. The Morgan fingerprint density at radius 2 is 2.00 bits per heavy atom. The molecule has 0 radical (unpaired) electrons. The van der Waals surface area contributed by atoms with E-state index in [9.17, 15) is 0 Å². The molecule has 5 nitrogen and oxygen atoms in total. The van der Waals surface area contributed by atoms with Crippen molar-refractivity contribution in [2.24, 2.45) is 0 Å². The van der Waals surface area contributed by atoms with Crippen molar-refractivity contribution in [1.29, 1.82) is 0 Å². The second-order valence-corrected chi connectivity index (χ2v) is 6.83. The van der Waals surface area contributed by atoms with E-state index in [2.05, 4.69) is 42.6 Å². The number of nitrogens with zero attached hydrogens (tertiary/aromatic N) is 3. The molecule has 0 fully saturated rings. The van der Waals surface area contributed by atoms with Crippen LogP contribution >= 0.6 is 11.3 Å². The lowest BCUT2D eigenvalue weighted by Gasteiger charge is -2.25. The predicted molar refractivity (Wildman–Crippen MR) is 88.6 cm³/mol. The van der Waals surface area contributed by atoms with E-state index in [1.807, 2.05) is 0 Å². The summed E-state index contributed by atoms with van der Waals surface area (Å²) in [5.74, 6) is 1.33. The highest BCUT2D eigenvalue weighted by atomic mass is 32.1. The summed E-state index contributed by atoms with van der Waals surface area (Å²) in [6.07, 6.45) is 0.757. The number of nitrogen functional groups attached to an aromatic ring is 1. The molecule has 0 unspecified atom stereocenters. The minimum Gasteiger partial charge on any atom is -0.396 e. The fourth-order valence-corrected chi connectivity index (χ4v) is 3.43. The van der Waals surface area contributed by atoms with Gasteiger partial charge in [-0.2, -0.15) is 0 Å². The van der Waals surface area contributed by atoms with Gasteiger partial charge in [0.15, 0.2) is 0 Å². The molecule has 3 N–H and O–H groups in total. The first-order valence-electron chi connectivity index (χ1n) is 7.31. The number of aliphatic hydroxyl groups is 1. The smallest absolute Gasteiger partial charge is 0.146 e. The van der Waals surface area contributed by atoms with Crippen LogP contribution in [0.1, 0.15) is 36.5 Å². The third-order valence-electron chi connectivity index (χ3n) is 3.78. The highest BCUT2D eigenvalue weighted by Gasteiger charge is 2.16. The highest BCUT2D eigenvalue weighted by Crippen LogP contribution is 2.32. The van der Waals surface area contributed by atoms with E-state index in [1.165, 1.54) is 10.4 Å². The molecule has 2 aromatic rings. The molecule has 0 aliphatic carbocycles. The van der Waals surface area contributed by atoms with E-state index >= 15 is 0 Å². The lowest BCUT2D eigenvalue weighted by Crippen LogP contribution is -2.32. The summed E-state index contributed by atoms with van der Waals surface area (Å²) in [6.45, 7) is 10.1. The molecule has 0 aliphatic heterocycles. The Labute approximate surface area is 129 Å². The summed E-state index contributed by atoms with van der Waals surface area (Å²) in [5, 5.41) is 10.00. The van der Waals surface area contributed by atoms with Crippen LogP contribution in [0.3, 0.4) is 0 Å². The Balaban J connectivity index is 2.29. The fraction of sp³-hybridized carbons (Fsp3) is 0.600. The van der Waals surface area contributed by atoms with E-state index < -0.39 is 0 Å². The van der Waals surface area contributed by atoms with E-state index in [0.717, 1.165) is 29.0 Å². The van der Waals surface area contributed by atoms with Gasteiger partial charge in [-0.3, -0.25) is 4.90 Å². The first kappa shape index (κ1) is 16.1. The van der Waals surface area contributed by atoms with E-state index in [4.69, 9.17) is 10.8 Å². The lowest BCUT2D eigenvalue weighted by molar-refractivity contribution is 0.181. The minimum atomic E-state index is 0.203. The van der Waals surface area contributed by atoms with Crippen LogP contribution in [0, 0.1) is 13.8 Å². The van der Waals surface area contributed by atoms with E-state index in [0.29, 0.717) is 18.4 Å². The molecular formula is C15H24N4OS. The van der Waals surface area contributed by atoms with Crippen molar-refractivity contribution in [3.05, 3.63) is 16.3 Å². The number of nitrogens with two attached hydrogens (primary N) is 1. The highest BCUT2D eigenvalue weighted by molar-refractivity contribution is 7.18. The van der Waals surface area contributed by atoms with Crippen molar-refractivity contribution < 1.29 is 5.11 Å². The zero-order chi connectivity index (χ0) is 15.6. The topological polar surface area (TPSA) is 75.3 Å². The molecule has 2 heterocycles. The SMILES string of the molecule is Cc1sc2nc(CN(CCCO)C(C)C)nc(N)c2c1C. The van der Waals surface area contributed by atoms with Gasteiger partial charge in [0.25, 0.3) is 0 Å². The number of aryl methyl sites for hydroxylation is 2. The minimum absolute atomic E-state index is 0.203. The molecule has 0 saturated carbocycles.